The molecule has 2 N–H and O–H groups in total. The van der Waals surface area contributed by atoms with E-state index in [-0.39, 0.29) is 30.0 Å². The van der Waals surface area contributed by atoms with E-state index in [0.717, 1.165) is 31.5 Å². The van der Waals surface area contributed by atoms with Gasteiger partial charge >= 0.3 is 0 Å². The molecule has 2 rings (SSSR count). The van der Waals surface area contributed by atoms with Crippen molar-refractivity contribution in [2.24, 2.45) is 0 Å². The van der Waals surface area contributed by atoms with Gasteiger partial charge in [0.25, 0.3) is 0 Å². The van der Waals surface area contributed by atoms with E-state index < -0.39 is 11.6 Å². The van der Waals surface area contributed by atoms with Gasteiger partial charge in [-0.15, -0.1) is 0 Å². The third-order valence-corrected chi connectivity index (χ3v) is 3.51. The van der Waals surface area contributed by atoms with Crippen LogP contribution in [0, 0.1) is 11.6 Å². The lowest BCUT2D eigenvalue weighted by Crippen LogP contribution is -2.52. The van der Waals surface area contributed by atoms with E-state index in [9.17, 15) is 13.6 Å². The van der Waals surface area contributed by atoms with Crippen LogP contribution in [-0.4, -0.2) is 24.5 Å². The molecule has 1 saturated heterocycles. The molecule has 0 aromatic heterocycles. The van der Waals surface area contributed by atoms with Crippen molar-refractivity contribution in [2.45, 2.75) is 38.3 Å². The van der Waals surface area contributed by atoms with E-state index in [1.807, 2.05) is 6.92 Å². The second kappa shape index (κ2) is 6.10. The largest absolute Gasteiger partial charge is 0.352 e. The summed E-state index contributed by atoms with van der Waals surface area (Å²) in [4.78, 5) is 11.9. The average Bonchev–Trinajstić information content (AvgIpc) is 2.37. The number of rotatable bonds is 3. The molecule has 0 spiro atoms. The quantitative estimate of drug-likeness (QED) is 0.877. The molecule has 1 aliphatic heterocycles. The lowest BCUT2D eigenvalue weighted by Gasteiger charge is -2.30. The molecular weight excluding hydrogens is 250 g/mol. The van der Waals surface area contributed by atoms with Gasteiger partial charge in [-0.05, 0) is 38.4 Å². The smallest absolute Gasteiger partial charge is 0.224 e. The van der Waals surface area contributed by atoms with E-state index >= 15 is 0 Å². The van der Waals surface area contributed by atoms with Crippen LogP contribution in [0.15, 0.2) is 18.2 Å². The number of piperidine rings is 1. The molecule has 1 aromatic rings. The number of amides is 1. The zero-order chi connectivity index (χ0) is 13.8. The highest BCUT2D eigenvalue weighted by atomic mass is 19.1. The molecule has 1 aliphatic rings. The van der Waals surface area contributed by atoms with Crippen molar-refractivity contribution in [1.29, 1.82) is 0 Å². The van der Waals surface area contributed by atoms with Gasteiger partial charge in [0, 0.05) is 17.6 Å². The van der Waals surface area contributed by atoms with Gasteiger partial charge in [-0.3, -0.25) is 4.79 Å². The number of benzene rings is 1. The molecule has 1 amide bonds. The van der Waals surface area contributed by atoms with Gasteiger partial charge in [-0.2, -0.15) is 0 Å². The fourth-order valence-electron chi connectivity index (χ4n) is 2.36. The Morgan fingerprint density at radius 2 is 2.11 bits per heavy atom. The molecule has 0 radical (unpaired) electrons. The minimum atomic E-state index is -0.676. The van der Waals surface area contributed by atoms with E-state index in [1.165, 1.54) is 6.07 Å². The number of halogens is 2. The van der Waals surface area contributed by atoms with Crippen LogP contribution in [0.5, 0.6) is 0 Å². The van der Waals surface area contributed by atoms with Crippen LogP contribution in [0.4, 0.5) is 8.78 Å². The second-order valence-corrected chi connectivity index (χ2v) is 4.94. The molecule has 1 aromatic carbocycles. The topological polar surface area (TPSA) is 41.1 Å². The van der Waals surface area contributed by atoms with Crippen molar-refractivity contribution in [3.05, 3.63) is 35.4 Å². The summed E-state index contributed by atoms with van der Waals surface area (Å²) in [6, 6.07) is 3.82. The first-order valence-electron chi connectivity index (χ1n) is 6.53. The SMILES string of the molecule is CC1NCCCC1NC(=O)Cc1c(F)cccc1F. The van der Waals surface area contributed by atoms with Gasteiger partial charge in [0.2, 0.25) is 5.91 Å². The van der Waals surface area contributed by atoms with Gasteiger partial charge in [0.15, 0.2) is 0 Å². The molecule has 1 heterocycles. The normalized spacial score (nSPS) is 23.1. The van der Waals surface area contributed by atoms with Gasteiger partial charge in [0.05, 0.1) is 6.42 Å². The highest BCUT2D eigenvalue weighted by Gasteiger charge is 2.23. The van der Waals surface area contributed by atoms with Crippen molar-refractivity contribution in [2.75, 3.05) is 6.54 Å². The molecule has 19 heavy (non-hydrogen) atoms. The Hall–Kier alpha value is -1.49. The summed E-state index contributed by atoms with van der Waals surface area (Å²) in [5, 5.41) is 6.10. The molecule has 2 atom stereocenters. The van der Waals surface area contributed by atoms with Crippen LogP contribution in [0.3, 0.4) is 0 Å². The van der Waals surface area contributed by atoms with Crippen molar-refractivity contribution in [1.82, 2.24) is 10.6 Å². The Labute approximate surface area is 111 Å². The van der Waals surface area contributed by atoms with Crippen LogP contribution in [-0.2, 0) is 11.2 Å². The first kappa shape index (κ1) is 13.9. The van der Waals surface area contributed by atoms with Crippen molar-refractivity contribution < 1.29 is 13.6 Å². The van der Waals surface area contributed by atoms with Crippen molar-refractivity contribution in [3.8, 4) is 0 Å². The Balaban J connectivity index is 1.97. The maximum absolute atomic E-state index is 13.4. The van der Waals surface area contributed by atoms with Crippen LogP contribution < -0.4 is 10.6 Å². The predicted molar refractivity (Wildman–Crippen MR) is 68.7 cm³/mol. The van der Waals surface area contributed by atoms with Gasteiger partial charge < -0.3 is 10.6 Å². The Kier molecular flexibility index (Phi) is 4.47. The summed E-state index contributed by atoms with van der Waals surface area (Å²) >= 11 is 0. The maximum atomic E-state index is 13.4. The fourth-order valence-corrected chi connectivity index (χ4v) is 2.36. The molecule has 1 fully saturated rings. The Morgan fingerprint density at radius 3 is 2.74 bits per heavy atom. The highest BCUT2D eigenvalue weighted by Crippen LogP contribution is 2.13. The summed E-state index contributed by atoms with van der Waals surface area (Å²) in [5.41, 5.74) is -0.170. The Bertz CT molecular complexity index is 445. The van der Waals surface area contributed by atoms with Crippen LogP contribution in [0.1, 0.15) is 25.3 Å². The number of nitrogens with one attached hydrogen (secondary N) is 2. The third-order valence-electron chi connectivity index (χ3n) is 3.51. The molecule has 0 aliphatic carbocycles. The summed E-state index contributed by atoms with van der Waals surface area (Å²) < 4.78 is 26.9. The lowest BCUT2D eigenvalue weighted by atomic mass is 9.99. The highest BCUT2D eigenvalue weighted by molar-refractivity contribution is 5.79. The lowest BCUT2D eigenvalue weighted by molar-refractivity contribution is -0.121. The number of hydrogen-bond donors (Lipinski definition) is 2. The van der Waals surface area contributed by atoms with Crippen LogP contribution in [0.2, 0.25) is 0 Å². The zero-order valence-electron chi connectivity index (χ0n) is 10.9. The van der Waals surface area contributed by atoms with Crippen molar-refractivity contribution in [3.63, 3.8) is 0 Å². The Morgan fingerprint density at radius 1 is 1.42 bits per heavy atom. The molecular formula is C14H18F2N2O. The number of carbonyl (C=O) groups excluding carboxylic acids is 1. The van der Waals surface area contributed by atoms with Crippen molar-refractivity contribution >= 4 is 5.91 Å². The summed E-state index contributed by atoms with van der Waals surface area (Å²) in [7, 11) is 0. The molecule has 0 bridgehead atoms. The second-order valence-electron chi connectivity index (χ2n) is 4.94. The predicted octanol–water partition coefficient (Wildman–Crippen LogP) is 1.76. The van der Waals surface area contributed by atoms with E-state index in [4.69, 9.17) is 0 Å². The summed E-state index contributed by atoms with van der Waals surface area (Å²) in [6.07, 6.45) is 1.62. The monoisotopic (exact) mass is 268 g/mol. The van der Waals surface area contributed by atoms with Gasteiger partial charge in [0.1, 0.15) is 11.6 Å². The summed E-state index contributed by atoms with van der Waals surface area (Å²) in [5.74, 6) is -1.69. The minimum absolute atomic E-state index is 0.0242. The maximum Gasteiger partial charge on any atom is 0.224 e. The minimum Gasteiger partial charge on any atom is -0.352 e. The van der Waals surface area contributed by atoms with Crippen LogP contribution >= 0.6 is 0 Å². The molecule has 5 heteroatoms. The molecule has 0 saturated carbocycles. The standard InChI is InChI=1S/C14H18F2N2O/c1-9-13(6-3-7-17-9)18-14(19)8-10-11(15)4-2-5-12(10)16/h2,4-5,9,13,17H,3,6-8H2,1H3,(H,18,19). The number of hydrogen-bond acceptors (Lipinski definition) is 2. The molecule has 3 nitrogen and oxygen atoms in total. The zero-order valence-corrected chi connectivity index (χ0v) is 10.9. The van der Waals surface area contributed by atoms with E-state index in [2.05, 4.69) is 10.6 Å². The summed E-state index contributed by atoms with van der Waals surface area (Å²) in [6.45, 7) is 2.93. The molecule has 104 valence electrons. The third kappa shape index (κ3) is 3.50. The average molecular weight is 268 g/mol. The van der Waals surface area contributed by atoms with Gasteiger partial charge in [-0.1, -0.05) is 6.07 Å². The molecule has 2 unspecified atom stereocenters. The first-order chi connectivity index (χ1) is 9.08. The number of carbonyl (C=O) groups is 1. The van der Waals surface area contributed by atoms with E-state index in [0.29, 0.717) is 0 Å². The van der Waals surface area contributed by atoms with E-state index in [1.54, 1.807) is 0 Å². The van der Waals surface area contributed by atoms with Gasteiger partial charge in [-0.25, -0.2) is 8.78 Å². The first-order valence-corrected chi connectivity index (χ1v) is 6.53. The van der Waals surface area contributed by atoms with Crippen LogP contribution in [0.25, 0.3) is 0 Å². The fraction of sp³-hybridized carbons (Fsp3) is 0.500.